The number of ether oxygens (including phenoxy) is 1. The van der Waals surface area contributed by atoms with Crippen LogP contribution in [0.25, 0.3) is 6.08 Å². The summed E-state index contributed by atoms with van der Waals surface area (Å²) in [6.45, 7) is 9.41. The molecule has 7 atom stereocenters. The Morgan fingerprint density at radius 2 is 1.89 bits per heavy atom. The fourth-order valence-electron chi connectivity index (χ4n) is 9.83. The fourth-order valence-corrected chi connectivity index (χ4v) is 9.83. The first-order valence-electron chi connectivity index (χ1n) is 15.0. The molecule has 4 fully saturated rings. The lowest BCUT2D eigenvalue weighted by Crippen LogP contribution is -2.56. The van der Waals surface area contributed by atoms with Crippen molar-refractivity contribution in [1.82, 2.24) is 0 Å². The second-order valence-electron chi connectivity index (χ2n) is 14.0. The summed E-state index contributed by atoms with van der Waals surface area (Å²) in [6, 6.07) is 7.17. The van der Waals surface area contributed by atoms with Crippen molar-refractivity contribution >= 4 is 12.0 Å². The maximum absolute atomic E-state index is 12.3. The van der Waals surface area contributed by atoms with Crippen LogP contribution in [0.4, 0.5) is 0 Å². The van der Waals surface area contributed by atoms with Gasteiger partial charge in [0.05, 0.1) is 26.2 Å². The number of quaternary nitrogens is 1. The predicted molar refractivity (Wildman–Crippen MR) is 147 cm³/mol. The van der Waals surface area contributed by atoms with Gasteiger partial charge in [0, 0.05) is 56.2 Å². The summed E-state index contributed by atoms with van der Waals surface area (Å²) in [4.78, 5) is 12.3. The van der Waals surface area contributed by atoms with Crippen molar-refractivity contribution in [3.8, 4) is 0 Å². The summed E-state index contributed by atoms with van der Waals surface area (Å²) < 4.78 is 9.65. The lowest BCUT2D eigenvalue weighted by molar-refractivity contribution is -0.923. The van der Waals surface area contributed by atoms with E-state index < -0.39 is 0 Å². The van der Waals surface area contributed by atoms with Crippen LogP contribution in [0.2, 0.25) is 0 Å². The highest BCUT2D eigenvalue weighted by atomic mass is 16.5. The highest BCUT2D eigenvalue weighted by Crippen LogP contribution is 2.66. The number of allylic oxidation sites excluding steroid dienone is 1. The van der Waals surface area contributed by atoms with Crippen molar-refractivity contribution in [2.24, 2.45) is 35.6 Å². The van der Waals surface area contributed by atoms with Crippen LogP contribution in [0.3, 0.4) is 0 Å². The second-order valence-corrected chi connectivity index (χ2v) is 14.0. The predicted octanol–water partition coefficient (Wildman–Crippen LogP) is 6.01. The van der Waals surface area contributed by atoms with Gasteiger partial charge in [-0.1, -0.05) is 25.5 Å². The molecule has 2 heterocycles. The number of rotatable bonds is 3. The zero-order valence-corrected chi connectivity index (χ0v) is 23.8. The molecule has 37 heavy (non-hydrogen) atoms. The molecule has 1 aliphatic heterocycles. The molecule has 0 spiro atoms. The Hall–Kier alpha value is -1.94. The molecule has 0 N–H and O–H groups in total. The van der Waals surface area contributed by atoms with E-state index in [2.05, 4.69) is 69.1 Å². The number of esters is 1. The van der Waals surface area contributed by atoms with Crippen LogP contribution in [0.15, 0.2) is 41.6 Å². The Kier molecular flexibility index (Phi) is 6.21. The van der Waals surface area contributed by atoms with Gasteiger partial charge in [-0.25, -0.2) is 4.57 Å². The van der Waals surface area contributed by atoms with E-state index in [0.717, 1.165) is 24.8 Å². The first kappa shape index (κ1) is 25.3. The van der Waals surface area contributed by atoms with Crippen LogP contribution in [0, 0.1) is 28.6 Å². The summed E-state index contributed by atoms with van der Waals surface area (Å²) in [6.07, 6.45) is 18.6. The molecule has 4 nitrogen and oxygen atoms in total. The maximum atomic E-state index is 12.3. The quantitative estimate of drug-likeness (QED) is 0.218. The van der Waals surface area contributed by atoms with Gasteiger partial charge in [0.1, 0.15) is 13.2 Å². The van der Waals surface area contributed by atoms with Crippen LogP contribution in [-0.2, 0) is 16.6 Å². The van der Waals surface area contributed by atoms with Gasteiger partial charge in [0.25, 0.3) is 0 Å². The molecule has 6 rings (SSSR count). The van der Waals surface area contributed by atoms with Crippen molar-refractivity contribution in [3.05, 3.63) is 47.3 Å². The number of aryl methyl sites for hydroxylation is 1. The van der Waals surface area contributed by atoms with Crippen molar-refractivity contribution in [3.63, 3.8) is 0 Å². The number of pyridine rings is 1. The Morgan fingerprint density at radius 1 is 1.11 bits per heavy atom. The molecule has 1 saturated heterocycles. The van der Waals surface area contributed by atoms with Crippen molar-refractivity contribution < 1.29 is 18.6 Å². The molecular weight excluding hydrogens is 456 g/mol. The van der Waals surface area contributed by atoms with Crippen molar-refractivity contribution in [2.75, 3.05) is 20.1 Å². The summed E-state index contributed by atoms with van der Waals surface area (Å²) >= 11 is 0. The van der Waals surface area contributed by atoms with Crippen LogP contribution < -0.4 is 4.57 Å². The number of nitrogens with zero attached hydrogens (tertiary/aromatic N) is 2. The summed E-state index contributed by atoms with van der Waals surface area (Å²) in [7, 11) is 4.63. The number of hydrogen-bond donors (Lipinski definition) is 0. The van der Waals surface area contributed by atoms with E-state index in [4.69, 9.17) is 4.74 Å². The fraction of sp³-hybridized carbons (Fsp3) is 0.697. The van der Waals surface area contributed by atoms with Gasteiger partial charge in [0.2, 0.25) is 5.69 Å². The molecule has 200 valence electrons. The van der Waals surface area contributed by atoms with Crippen LogP contribution in [0.1, 0.15) is 84.3 Å². The maximum Gasteiger partial charge on any atom is 0.303 e. The molecule has 0 unspecified atom stereocenters. The van der Waals surface area contributed by atoms with Crippen LogP contribution in [0.5, 0.6) is 0 Å². The van der Waals surface area contributed by atoms with Gasteiger partial charge in [-0.05, 0) is 66.9 Å². The van der Waals surface area contributed by atoms with Crippen molar-refractivity contribution in [1.29, 1.82) is 0 Å². The highest BCUT2D eigenvalue weighted by molar-refractivity contribution is 5.67. The van der Waals surface area contributed by atoms with Crippen LogP contribution >= 0.6 is 0 Å². The normalized spacial score (nSPS) is 41.5. The third kappa shape index (κ3) is 4.04. The topological polar surface area (TPSA) is 30.2 Å². The van der Waals surface area contributed by atoms with E-state index >= 15 is 0 Å². The van der Waals surface area contributed by atoms with E-state index in [-0.39, 0.29) is 17.5 Å². The summed E-state index contributed by atoms with van der Waals surface area (Å²) in [5.74, 6) is 1.88. The Labute approximate surface area is 224 Å². The Morgan fingerprint density at radius 3 is 2.62 bits per heavy atom. The standard InChI is InChI=1S/C33H48N2O2/c1-23(36)37-31-24(20-26-10-6-7-17-34(26)4)21-30-28-12-11-25-22-27(35(5)18-8-9-19-35)13-15-32(25,2)29(28)14-16-33(30,31)3/h6-7,10-11,17,20,27-31H,8-9,12-16,18-19,21-22H2,1-5H3/q+2/b24-20+/t27-,28+,29-,30-,31-,32-,33-/m0/s1. The van der Waals surface area contributed by atoms with Gasteiger partial charge < -0.3 is 9.22 Å². The molecule has 4 aliphatic carbocycles. The molecule has 5 aliphatic rings. The van der Waals surface area contributed by atoms with E-state index in [9.17, 15) is 4.79 Å². The Balaban J connectivity index is 1.31. The Bertz CT molecular complexity index is 1130. The van der Waals surface area contributed by atoms with E-state index in [1.807, 2.05) is 0 Å². The molecule has 0 aromatic carbocycles. The average Bonchev–Trinajstić information content (AvgIpc) is 3.42. The number of fused-ring (bicyclic) bond motifs is 5. The number of carbonyl (C=O) groups excluding carboxylic acids is 1. The second kappa shape index (κ2) is 9.07. The van der Waals surface area contributed by atoms with Gasteiger partial charge in [0.15, 0.2) is 6.20 Å². The number of carbonyl (C=O) groups is 1. The average molecular weight is 505 g/mol. The third-order valence-corrected chi connectivity index (χ3v) is 12.1. The highest BCUT2D eigenvalue weighted by Gasteiger charge is 2.61. The largest absolute Gasteiger partial charge is 0.457 e. The first-order chi connectivity index (χ1) is 17.6. The summed E-state index contributed by atoms with van der Waals surface area (Å²) in [5.41, 5.74) is 4.68. The van der Waals surface area contributed by atoms with Gasteiger partial charge in [-0.3, -0.25) is 4.79 Å². The monoisotopic (exact) mass is 504 g/mol. The molecule has 1 aromatic heterocycles. The zero-order valence-electron chi connectivity index (χ0n) is 23.8. The number of likely N-dealkylation sites (tertiary alicyclic amines) is 1. The van der Waals surface area contributed by atoms with Crippen molar-refractivity contribution in [2.45, 2.75) is 90.7 Å². The molecule has 1 aromatic rings. The van der Waals surface area contributed by atoms with E-state index in [0.29, 0.717) is 17.3 Å². The third-order valence-electron chi connectivity index (χ3n) is 12.1. The molecule has 0 radical (unpaired) electrons. The number of hydrogen-bond acceptors (Lipinski definition) is 2. The van der Waals surface area contributed by atoms with Crippen LogP contribution in [-0.4, -0.2) is 42.7 Å². The lowest BCUT2D eigenvalue weighted by atomic mass is 9.47. The minimum absolute atomic E-state index is 0.0269. The molecule has 0 bridgehead atoms. The van der Waals surface area contributed by atoms with Gasteiger partial charge in [-0.15, -0.1) is 0 Å². The first-order valence-corrected chi connectivity index (χ1v) is 15.0. The minimum atomic E-state index is -0.146. The van der Waals surface area contributed by atoms with E-state index in [1.54, 1.807) is 12.5 Å². The molecule has 4 heteroatoms. The number of aromatic nitrogens is 1. The van der Waals surface area contributed by atoms with E-state index in [1.165, 1.54) is 73.8 Å². The minimum Gasteiger partial charge on any atom is -0.457 e. The lowest BCUT2D eigenvalue weighted by Gasteiger charge is -2.58. The summed E-state index contributed by atoms with van der Waals surface area (Å²) in [5, 5.41) is 0. The molecule has 0 amide bonds. The van der Waals surface area contributed by atoms with Gasteiger partial charge in [-0.2, -0.15) is 0 Å². The zero-order chi connectivity index (χ0) is 26.0. The smallest absolute Gasteiger partial charge is 0.303 e. The molecular formula is C33H48N2O2+2. The SMILES string of the molecule is CC(=O)O[C@H]1/C(=C/c2cccc[n+]2C)C[C@H]2[C@@H]3CC=C4C[C@@H]([N+]5(C)CCCC5)CC[C@]4(C)[C@H]3CC[C@]12C. The van der Waals surface area contributed by atoms with Gasteiger partial charge >= 0.3 is 5.97 Å². The molecule has 3 saturated carbocycles.